The molecule has 0 radical (unpaired) electrons. The quantitative estimate of drug-likeness (QED) is 0.511. The van der Waals surface area contributed by atoms with E-state index in [4.69, 9.17) is 9.15 Å². The van der Waals surface area contributed by atoms with Crippen molar-refractivity contribution >= 4 is 11.0 Å². The fourth-order valence-electron chi connectivity index (χ4n) is 2.97. The number of rotatable bonds is 9. The maximum absolute atomic E-state index is 9.51. The Hall–Kier alpha value is -2.26. The lowest BCUT2D eigenvalue weighted by Crippen LogP contribution is -2.16. The highest BCUT2D eigenvalue weighted by molar-refractivity contribution is 5.83. The molecule has 0 amide bonds. The Morgan fingerprint density at radius 1 is 1.04 bits per heavy atom. The zero-order valence-corrected chi connectivity index (χ0v) is 14.8. The van der Waals surface area contributed by atoms with Gasteiger partial charge in [-0.05, 0) is 24.6 Å². The van der Waals surface area contributed by atoms with Crippen LogP contribution in [-0.2, 0) is 0 Å². The fourth-order valence-corrected chi connectivity index (χ4v) is 2.97. The number of hydrogen-bond acceptors (Lipinski definition) is 3. The fraction of sp³-hybridized carbons (Fsp3) is 0.364. The molecule has 1 unspecified atom stereocenters. The summed E-state index contributed by atoms with van der Waals surface area (Å²) in [6.45, 7) is 2.90. The number of furan rings is 1. The van der Waals surface area contributed by atoms with E-state index in [0.29, 0.717) is 6.61 Å². The van der Waals surface area contributed by atoms with E-state index < -0.39 is 0 Å². The molecule has 0 aliphatic rings. The van der Waals surface area contributed by atoms with Crippen molar-refractivity contribution in [1.29, 1.82) is 0 Å². The molecule has 0 fully saturated rings. The number of benzene rings is 2. The largest absolute Gasteiger partial charge is 0.493 e. The first-order valence-electron chi connectivity index (χ1n) is 9.13. The summed E-state index contributed by atoms with van der Waals surface area (Å²) in [7, 11) is 0. The highest BCUT2D eigenvalue weighted by Gasteiger charge is 2.10. The van der Waals surface area contributed by atoms with Crippen molar-refractivity contribution in [1.82, 2.24) is 0 Å². The molecule has 0 bridgehead atoms. The molecule has 1 atom stereocenters. The molecule has 3 heteroatoms. The maximum atomic E-state index is 9.51. The van der Waals surface area contributed by atoms with Crippen LogP contribution in [0.3, 0.4) is 0 Å². The third-order valence-electron chi connectivity index (χ3n) is 4.51. The minimum atomic E-state index is 0.171. The van der Waals surface area contributed by atoms with E-state index in [-0.39, 0.29) is 12.5 Å². The van der Waals surface area contributed by atoms with Gasteiger partial charge in [0.1, 0.15) is 17.1 Å². The lowest BCUT2D eigenvalue weighted by atomic mass is 10.0. The van der Waals surface area contributed by atoms with Crippen molar-refractivity contribution in [3.63, 3.8) is 0 Å². The average molecular weight is 338 g/mol. The van der Waals surface area contributed by atoms with Crippen LogP contribution in [0.5, 0.6) is 5.75 Å². The summed E-state index contributed by atoms with van der Waals surface area (Å²) in [6.07, 6.45) is 4.54. The Kier molecular flexibility index (Phi) is 6.13. The Labute approximate surface area is 149 Å². The number of hydrogen-bond donors (Lipinski definition) is 1. The average Bonchev–Trinajstić information content (AvgIpc) is 3.08. The second-order valence-electron chi connectivity index (χ2n) is 6.53. The zero-order chi connectivity index (χ0) is 17.5. The molecule has 3 nitrogen and oxygen atoms in total. The molecule has 0 spiro atoms. The van der Waals surface area contributed by atoms with Crippen LogP contribution in [0.25, 0.3) is 22.3 Å². The van der Waals surface area contributed by atoms with Crippen LogP contribution >= 0.6 is 0 Å². The number of unbranched alkanes of at least 4 members (excludes halogenated alkanes) is 2. The monoisotopic (exact) mass is 338 g/mol. The number of ether oxygens (including phenoxy) is 1. The van der Waals surface area contributed by atoms with Gasteiger partial charge in [0.05, 0.1) is 6.61 Å². The molecule has 0 aliphatic heterocycles. The van der Waals surface area contributed by atoms with Crippen molar-refractivity contribution in [2.24, 2.45) is 5.92 Å². The Balaban J connectivity index is 1.67. The van der Waals surface area contributed by atoms with E-state index in [2.05, 4.69) is 13.0 Å². The summed E-state index contributed by atoms with van der Waals surface area (Å²) in [5, 5.41) is 10.6. The predicted octanol–water partition coefficient (Wildman–Crippen LogP) is 5.67. The first-order chi connectivity index (χ1) is 12.3. The summed E-state index contributed by atoms with van der Waals surface area (Å²) in [5.41, 5.74) is 1.89. The molecule has 1 N–H and O–H groups in total. The highest BCUT2D eigenvalue weighted by Crippen LogP contribution is 2.30. The predicted molar refractivity (Wildman–Crippen MR) is 102 cm³/mol. The van der Waals surface area contributed by atoms with Crippen LogP contribution < -0.4 is 4.74 Å². The van der Waals surface area contributed by atoms with Gasteiger partial charge in [0.15, 0.2) is 0 Å². The van der Waals surface area contributed by atoms with Gasteiger partial charge in [-0.2, -0.15) is 0 Å². The zero-order valence-electron chi connectivity index (χ0n) is 14.8. The van der Waals surface area contributed by atoms with Crippen molar-refractivity contribution in [2.75, 3.05) is 13.2 Å². The molecule has 3 aromatic rings. The number of aliphatic hydroxyl groups is 1. The minimum absolute atomic E-state index is 0.171. The number of fused-ring (bicyclic) bond motifs is 1. The van der Waals surface area contributed by atoms with Gasteiger partial charge >= 0.3 is 0 Å². The molecule has 0 saturated heterocycles. The van der Waals surface area contributed by atoms with Gasteiger partial charge < -0.3 is 14.3 Å². The summed E-state index contributed by atoms with van der Waals surface area (Å²) in [6, 6.07) is 18.1. The van der Waals surface area contributed by atoms with Gasteiger partial charge in [0, 0.05) is 29.5 Å². The molecule has 1 heterocycles. The van der Waals surface area contributed by atoms with E-state index in [9.17, 15) is 5.11 Å². The van der Waals surface area contributed by atoms with E-state index in [1.807, 2.05) is 48.5 Å². The van der Waals surface area contributed by atoms with Gasteiger partial charge in [-0.25, -0.2) is 0 Å². The lowest BCUT2D eigenvalue weighted by Gasteiger charge is -2.15. The molecular weight excluding hydrogens is 312 g/mol. The van der Waals surface area contributed by atoms with Crippen molar-refractivity contribution in [3.8, 4) is 17.1 Å². The van der Waals surface area contributed by atoms with Crippen molar-refractivity contribution in [3.05, 3.63) is 54.6 Å². The van der Waals surface area contributed by atoms with E-state index >= 15 is 0 Å². The van der Waals surface area contributed by atoms with Crippen LogP contribution in [-0.4, -0.2) is 18.3 Å². The standard InChI is InChI=1S/C22H26O3/c1-2-3-5-8-17(15-23)16-24-20-12-11-19-13-21(25-22(19)14-20)18-9-6-4-7-10-18/h4,6-7,9-14,17,23H,2-3,5,8,15-16H2,1H3. The Morgan fingerprint density at radius 3 is 2.64 bits per heavy atom. The highest BCUT2D eigenvalue weighted by atomic mass is 16.5. The first-order valence-corrected chi connectivity index (χ1v) is 9.13. The van der Waals surface area contributed by atoms with Gasteiger partial charge in [-0.1, -0.05) is 56.5 Å². The molecule has 0 saturated carbocycles. The van der Waals surface area contributed by atoms with Gasteiger partial charge in [-0.15, -0.1) is 0 Å². The molecule has 25 heavy (non-hydrogen) atoms. The minimum Gasteiger partial charge on any atom is -0.493 e. The second kappa shape index (κ2) is 8.72. The lowest BCUT2D eigenvalue weighted by molar-refractivity contribution is 0.154. The normalized spacial score (nSPS) is 12.4. The first kappa shape index (κ1) is 17.6. The molecule has 0 aliphatic carbocycles. The van der Waals surface area contributed by atoms with Gasteiger partial charge in [0.2, 0.25) is 0 Å². The SMILES string of the molecule is CCCCCC(CO)COc1ccc2cc(-c3ccccc3)oc2c1. The van der Waals surface area contributed by atoms with Gasteiger partial charge in [0.25, 0.3) is 0 Å². The van der Waals surface area contributed by atoms with Crippen LogP contribution in [0.4, 0.5) is 0 Å². The second-order valence-corrected chi connectivity index (χ2v) is 6.53. The molecule has 1 aromatic heterocycles. The molecule has 2 aromatic carbocycles. The summed E-state index contributed by atoms with van der Waals surface area (Å²) < 4.78 is 11.9. The Morgan fingerprint density at radius 2 is 1.88 bits per heavy atom. The Bertz CT molecular complexity index is 776. The molecular formula is C22H26O3. The van der Waals surface area contributed by atoms with Crippen molar-refractivity contribution < 1.29 is 14.3 Å². The third-order valence-corrected chi connectivity index (χ3v) is 4.51. The van der Waals surface area contributed by atoms with E-state index in [1.54, 1.807) is 0 Å². The van der Waals surface area contributed by atoms with E-state index in [1.165, 1.54) is 12.8 Å². The van der Waals surface area contributed by atoms with Crippen LogP contribution in [0, 0.1) is 5.92 Å². The maximum Gasteiger partial charge on any atom is 0.138 e. The van der Waals surface area contributed by atoms with E-state index in [0.717, 1.165) is 40.9 Å². The topological polar surface area (TPSA) is 42.6 Å². The molecule has 132 valence electrons. The molecule has 3 rings (SSSR count). The third kappa shape index (κ3) is 4.64. The van der Waals surface area contributed by atoms with Crippen LogP contribution in [0.15, 0.2) is 59.0 Å². The summed E-state index contributed by atoms with van der Waals surface area (Å²) in [5.74, 6) is 1.84. The van der Waals surface area contributed by atoms with Gasteiger partial charge in [-0.3, -0.25) is 0 Å². The van der Waals surface area contributed by atoms with Crippen LogP contribution in [0.1, 0.15) is 32.6 Å². The summed E-state index contributed by atoms with van der Waals surface area (Å²) >= 11 is 0. The van der Waals surface area contributed by atoms with Crippen LogP contribution in [0.2, 0.25) is 0 Å². The number of aliphatic hydroxyl groups excluding tert-OH is 1. The smallest absolute Gasteiger partial charge is 0.138 e. The summed E-state index contributed by atoms with van der Waals surface area (Å²) in [4.78, 5) is 0. The van der Waals surface area contributed by atoms with Crippen molar-refractivity contribution in [2.45, 2.75) is 32.6 Å².